The van der Waals surface area contributed by atoms with E-state index >= 15 is 0 Å². The highest BCUT2D eigenvalue weighted by atomic mass is 31.2. The number of hydrogen-bond donors (Lipinski definition) is 3. The largest absolute Gasteiger partial charge is 0.472 e. The number of rotatable bonds is 44. The Morgan fingerprint density at radius 1 is 0.533 bits per heavy atom. The molecule has 60 heavy (non-hydrogen) atoms. The lowest BCUT2D eigenvalue weighted by Crippen LogP contribution is -2.29. The molecule has 346 valence electrons. The van der Waals surface area contributed by atoms with Crippen LogP contribution in [0.2, 0.25) is 0 Å². The number of aliphatic hydroxyl groups excluding tert-OH is 2. The molecule has 0 radical (unpaired) electrons. The Morgan fingerprint density at radius 3 is 1.43 bits per heavy atom. The van der Waals surface area contributed by atoms with Crippen molar-refractivity contribution in [2.45, 2.75) is 193 Å². The van der Waals surface area contributed by atoms with Gasteiger partial charge >= 0.3 is 13.8 Å². The standard InChI is InChI=1S/C50H87O9P/c1-3-5-7-9-11-13-15-17-19-21-22-23-24-25-27-29-31-33-35-37-39-41-43-56-46-49(47-58-60(54,55)57-45-48(52)44-51)59-50(53)42-40-38-36-34-32-30-28-26-20-18-16-14-12-10-8-6-4-2/h6,8,12,14-15,17-18,20-22,24-25,28,30,48-49,51-52H,3-5,7,9-11,13,16,19,23,26-27,29,31-47H2,1-2H3,(H,54,55)/b8-6-,14-12-,17-15-,20-18-,22-21-,25-24-,30-28-. The van der Waals surface area contributed by atoms with Crippen LogP contribution in [0.1, 0.15) is 181 Å². The Hall–Kier alpha value is -2.36. The number of phosphoric acid groups is 1. The molecule has 0 fully saturated rings. The van der Waals surface area contributed by atoms with Crippen LogP contribution in [0.3, 0.4) is 0 Å². The van der Waals surface area contributed by atoms with Gasteiger partial charge in [0.25, 0.3) is 0 Å². The van der Waals surface area contributed by atoms with Crippen molar-refractivity contribution in [3.63, 3.8) is 0 Å². The predicted octanol–water partition coefficient (Wildman–Crippen LogP) is 13.5. The second-order valence-corrected chi connectivity index (χ2v) is 16.8. The average Bonchev–Trinajstić information content (AvgIpc) is 3.24. The van der Waals surface area contributed by atoms with E-state index in [1.165, 1.54) is 64.2 Å². The van der Waals surface area contributed by atoms with Gasteiger partial charge in [-0.15, -0.1) is 0 Å². The topological polar surface area (TPSA) is 132 Å². The number of carbonyl (C=O) groups excluding carboxylic acids is 1. The Balaban J connectivity index is 4.20. The van der Waals surface area contributed by atoms with Gasteiger partial charge < -0.3 is 24.6 Å². The van der Waals surface area contributed by atoms with Crippen molar-refractivity contribution in [1.82, 2.24) is 0 Å². The fourth-order valence-electron chi connectivity index (χ4n) is 6.00. The summed E-state index contributed by atoms with van der Waals surface area (Å²) < 4.78 is 33.4. The van der Waals surface area contributed by atoms with Gasteiger partial charge in [0.2, 0.25) is 0 Å². The molecule has 10 heteroatoms. The first kappa shape index (κ1) is 57.6. The van der Waals surface area contributed by atoms with Crippen molar-refractivity contribution in [2.75, 3.05) is 33.0 Å². The molecule has 0 aromatic rings. The van der Waals surface area contributed by atoms with Crippen LogP contribution in [-0.4, -0.2) is 66.3 Å². The normalized spacial score (nSPS) is 14.7. The van der Waals surface area contributed by atoms with Crippen LogP contribution in [0.4, 0.5) is 0 Å². The van der Waals surface area contributed by atoms with E-state index in [1.807, 2.05) is 0 Å². The summed E-state index contributed by atoms with van der Waals surface area (Å²) >= 11 is 0. The Morgan fingerprint density at radius 2 is 0.950 bits per heavy atom. The lowest BCUT2D eigenvalue weighted by molar-refractivity contribution is -0.154. The zero-order valence-electron chi connectivity index (χ0n) is 37.9. The van der Waals surface area contributed by atoms with Gasteiger partial charge in [-0.25, -0.2) is 4.57 Å². The number of aliphatic hydroxyl groups is 2. The van der Waals surface area contributed by atoms with Gasteiger partial charge in [-0.3, -0.25) is 13.8 Å². The van der Waals surface area contributed by atoms with Gasteiger partial charge in [-0.1, -0.05) is 170 Å². The van der Waals surface area contributed by atoms with E-state index in [0.717, 1.165) is 89.9 Å². The van der Waals surface area contributed by atoms with Crippen molar-refractivity contribution in [3.05, 3.63) is 85.1 Å². The van der Waals surface area contributed by atoms with Gasteiger partial charge in [0.15, 0.2) is 0 Å². The highest BCUT2D eigenvalue weighted by molar-refractivity contribution is 7.47. The van der Waals surface area contributed by atoms with Crippen LogP contribution in [0.25, 0.3) is 0 Å². The smallest absolute Gasteiger partial charge is 0.457 e. The summed E-state index contributed by atoms with van der Waals surface area (Å²) in [4.78, 5) is 22.6. The molecule has 0 saturated carbocycles. The minimum absolute atomic E-state index is 0.0273. The number of hydrogen-bond acceptors (Lipinski definition) is 8. The molecule has 0 aromatic heterocycles. The van der Waals surface area contributed by atoms with Crippen molar-refractivity contribution >= 4 is 13.8 Å². The van der Waals surface area contributed by atoms with Crippen molar-refractivity contribution in [1.29, 1.82) is 0 Å². The summed E-state index contributed by atoms with van der Waals surface area (Å²) in [5.41, 5.74) is 0. The first-order valence-corrected chi connectivity index (χ1v) is 25.1. The molecular weight excluding hydrogens is 776 g/mol. The number of unbranched alkanes of at least 4 members (excludes halogenated alkanes) is 16. The van der Waals surface area contributed by atoms with Crippen LogP contribution in [-0.2, 0) is 27.9 Å². The maximum Gasteiger partial charge on any atom is 0.472 e. The van der Waals surface area contributed by atoms with Gasteiger partial charge in [0, 0.05) is 13.0 Å². The molecule has 0 bridgehead atoms. The average molecular weight is 863 g/mol. The van der Waals surface area contributed by atoms with Crippen LogP contribution in [0, 0.1) is 0 Å². The monoisotopic (exact) mass is 863 g/mol. The van der Waals surface area contributed by atoms with Crippen molar-refractivity contribution < 1.29 is 43.0 Å². The molecule has 0 saturated heterocycles. The van der Waals surface area contributed by atoms with Crippen molar-refractivity contribution in [2.24, 2.45) is 0 Å². The fourth-order valence-corrected chi connectivity index (χ4v) is 6.79. The lowest BCUT2D eigenvalue weighted by Gasteiger charge is -2.20. The summed E-state index contributed by atoms with van der Waals surface area (Å²) in [6.07, 6.45) is 56.8. The molecular formula is C50H87O9P. The summed E-state index contributed by atoms with van der Waals surface area (Å²) in [6.45, 7) is 3.32. The summed E-state index contributed by atoms with van der Waals surface area (Å²) in [5.74, 6) is -0.412. The van der Waals surface area contributed by atoms with Gasteiger partial charge in [-0.05, 0) is 89.9 Å². The molecule has 0 aliphatic heterocycles. The molecule has 0 spiro atoms. The lowest BCUT2D eigenvalue weighted by atomic mass is 10.1. The number of ether oxygens (including phenoxy) is 2. The summed E-state index contributed by atoms with van der Waals surface area (Å²) in [5, 5.41) is 18.4. The van der Waals surface area contributed by atoms with E-state index in [2.05, 4.69) is 98.9 Å². The summed E-state index contributed by atoms with van der Waals surface area (Å²) in [6, 6.07) is 0. The number of esters is 1. The molecule has 0 amide bonds. The fraction of sp³-hybridized carbons (Fsp3) is 0.700. The van der Waals surface area contributed by atoms with E-state index < -0.39 is 45.8 Å². The second-order valence-electron chi connectivity index (χ2n) is 15.4. The number of carbonyl (C=O) groups is 1. The molecule has 0 heterocycles. The molecule has 9 nitrogen and oxygen atoms in total. The molecule has 3 atom stereocenters. The number of phosphoric ester groups is 1. The second kappa shape index (κ2) is 46.2. The third-order valence-corrected chi connectivity index (χ3v) is 10.5. The first-order valence-electron chi connectivity index (χ1n) is 23.6. The van der Waals surface area contributed by atoms with Gasteiger partial charge in [-0.2, -0.15) is 0 Å². The highest BCUT2D eigenvalue weighted by Gasteiger charge is 2.26. The van der Waals surface area contributed by atoms with Crippen LogP contribution in [0.15, 0.2) is 85.1 Å². The Labute approximate surface area is 366 Å². The number of allylic oxidation sites excluding steroid dienone is 14. The molecule has 0 aliphatic rings. The Kier molecular flexibility index (Phi) is 44.3. The van der Waals surface area contributed by atoms with E-state index in [9.17, 15) is 19.4 Å². The SMILES string of the molecule is CC/C=C\C/C=C\C/C=C\C/C=C\CCCCCCC(=O)OC(COCCCCCCCCC/C=C\C/C=C\C/C=C\CCCCCCC)COP(=O)(O)OCC(O)CO. The zero-order chi connectivity index (χ0) is 43.9. The van der Waals surface area contributed by atoms with E-state index in [1.54, 1.807) is 0 Å². The van der Waals surface area contributed by atoms with Crippen LogP contribution >= 0.6 is 7.82 Å². The van der Waals surface area contributed by atoms with Crippen molar-refractivity contribution in [3.8, 4) is 0 Å². The molecule has 3 N–H and O–H groups in total. The summed E-state index contributed by atoms with van der Waals surface area (Å²) in [7, 11) is -4.54. The highest BCUT2D eigenvalue weighted by Crippen LogP contribution is 2.43. The van der Waals surface area contributed by atoms with E-state index in [4.69, 9.17) is 23.6 Å². The van der Waals surface area contributed by atoms with Crippen LogP contribution < -0.4 is 0 Å². The van der Waals surface area contributed by atoms with E-state index in [-0.39, 0.29) is 13.0 Å². The predicted molar refractivity (Wildman–Crippen MR) is 251 cm³/mol. The zero-order valence-corrected chi connectivity index (χ0v) is 38.8. The molecule has 0 rings (SSSR count). The quantitative estimate of drug-likeness (QED) is 0.0237. The molecule has 0 aliphatic carbocycles. The Bertz CT molecular complexity index is 1210. The van der Waals surface area contributed by atoms with Gasteiger partial charge in [0.05, 0.1) is 26.4 Å². The molecule has 3 unspecified atom stereocenters. The van der Waals surface area contributed by atoms with E-state index in [0.29, 0.717) is 13.0 Å². The maximum atomic E-state index is 12.6. The van der Waals surface area contributed by atoms with Gasteiger partial charge in [0.1, 0.15) is 12.2 Å². The van der Waals surface area contributed by atoms with Crippen LogP contribution in [0.5, 0.6) is 0 Å². The maximum absolute atomic E-state index is 12.6. The molecule has 0 aromatic carbocycles. The third-order valence-electron chi connectivity index (χ3n) is 9.56. The minimum Gasteiger partial charge on any atom is -0.457 e. The first-order chi connectivity index (χ1) is 29.3. The minimum atomic E-state index is -4.54. The third kappa shape index (κ3) is 45.2.